The van der Waals surface area contributed by atoms with Gasteiger partial charge >= 0.3 is 5.97 Å². The maximum Gasteiger partial charge on any atom is 0.328 e. The van der Waals surface area contributed by atoms with Crippen LogP contribution in [0.4, 0.5) is 0 Å². The Bertz CT molecular complexity index is 667. The van der Waals surface area contributed by atoms with E-state index < -0.39 is 24.0 Å². The van der Waals surface area contributed by atoms with Crippen LogP contribution in [0.15, 0.2) is 24.3 Å². The van der Waals surface area contributed by atoms with Gasteiger partial charge in [-0.05, 0) is 13.0 Å². The van der Waals surface area contributed by atoms with E-state index in [2.05, 4.69) is 5.32 Å². The number of carboxylic acids is 1. The lowest BCUT2D eigenvalue weighted by Gasteiger charge is -2.16. The summed E-state index contributed by atoms with van der Waals surface area (Å²) in [6.07, 6.45) is -1.20. The van der Waals surface area contributed by atoms with Crippen LogP contribution in [0.25, 0.3) is 10.1 Å². The highest BCUT2D eigenvalue weighted by atomic mass is 35.5. The van der Waals surface area contributed by atoms with Gasteiger partial charge in [-0.1, -0.05) is 29.8 Å². The summed E-state index contributed by atoms with van der Waals surface area (Å²) in [5.74, 6) is -1.91. The summed E-state index contributed by atoms with van der Waals surface area (Å²) in [6.45, 7) is 1.30. The first kappa shape index (κ1) is 14.8. The molecule has 0 unspecified atom stereocenters. The zero-order valence-electron chi connectivity index (χ0n) is 10.5. The number of hydrogen-bond donors (Lipinski definition) is 3. The molecule has 0 aliphatic heterocycles. The standard InChI is InChI=1S/C13H12ClNO4S/c1-6(16)10(13(18)19)15-12(17)11-9(14)7-4-2-3-5-8(7)20-11/h2-6,10,16H,1H3,(H,15,17)(H,18,19)/t6-,10+/m0/s1. The molecule has 7 heteroatoms. The summed E-state index contributed by atoms with van der Waals surface area (Å²) in [7, 11) is 0. The minimum absolute atomic E-state index is 0.236. The Labute approximate surface area is 123 Å². The summed E-state index contributed by atoms with van der Waals surface area (Å²) in [5, 5.41) is 21.6. The van der Waals surface area contributed by atoms with Gasteiger partial charge < -0.3 is 15.5 Å². The minimum atomic E-state index is -1.37. The molecule has 5 nitrogen and oxygen atoms in total. The number of aliphatic carboxylic acids is 1. The van der Waals surface area contributed by atoms with Crippen molar-refractivity contribution in [3.05, 3.63) is 34.2 Å². The summed E-state index contributed by atoms with van der Waals surface area (Å²) < 4.78 is 0.839. The van der Waals surface area contributed by atoms with Crippen LogP contribution in [-0.4, -0.2) is 34.2 Å². The van der Waals surface area contributed by atoms with Crippen molar-refractivity contribution in [1.29, 1.82) is 0 Å². The molecule has 0 bridgehead atoms. The largest absolute Gasteiger partial charge is 0.480 e. The average Bonchev–Trinajstić information content (AvgIpc) is 2.73. The molecule has 20 heavy (non-hydrogen) atoms. The van der Waals surface area contributed by atoms with Gasteiger partial charge in [0.05, 0.1) is 11.1 Å². The fraction of sp³-hybridized carbons (Fsp3) is 0.231. The second-order valence-electron chi connectivity index (χ2n) is 4.27. The van der Waals surface area contributed by atoms with Crippen molar-refractivity contribution >= 4 is 44.9 Å². The van der Waals surface area contributed by atoms with Crippen LogP contribution in [-0.2, 0) is 4.79 Å². The molecule has 1 heterocycles. The summed E-state index contributed by atoms with van der Waals surface area (Å²) >= 11 is 7.31. The van der Waals surface area contributed by atoms with E-state index in [0.717, 1.165) is 10.1 Å². The number of hydrogen-bond acceptors (Lipinski definition) is 4. The molecule has 0 saturated carbocycles. The Morgan fingerprint density at radius 2 is 2.00 bits per heavy atom. The first-order valence-electron chi connectivity index (χ1n) is 5.80. The van der Waals surface area contributed by atoms with Gasteiger partial charge in [0.15, 0.2) is 6.04 Å². The number of rotatable bonds is 4. The van der Waals surface area contributed by atoms with Gasteiger partial charge in [-0.15, -0.1) is 11.3 Å². The Hall–Kier alpha value is -1.63. The lowest BCUT2D eigenvalue weighted by molar-refractivity contribution is -0.141. The third-order valence-corrected chi connectivity index (χ3v) is 4.45. The molecule has 106 valence electrons. The van der Waals surface area contributed by atoms with Crippen molar-refractivity contribution < 1.29 is 19.8 Å². The van der Waals surface area contributed by atoms with Gasteiger partial charge in [-0.2, -0.15) is 0 Å². The third kappa shape index (κ3) is 2.77. The molecule has 3 N–H and O–H groups in total. The molecular weight excluding hydrogens is 302 g/mol. The number of nitrogens with one attached hydrogen (secondary N) is 1. The van der Waals surface area contributed by atoms with E-state index in [9.17, 15) is 14.7 Å². The van der Waals surface area contributed by atoms with E-state index in [0.29, 0.717) is 0 Å². The van der Waals surface area contributed by atoms with Crippen molar-refractivity contribution in [3.63, 3.8) is 0 Å². The van der Waals surface area contributed by atoms with Crippen LogP contribution in [0, 0.1) is 0 Å². The number of carboxylic acid groups (broad SMARTS) is 1. The van der Waals surface area contributed by atoms with Crippen LogP contribution >= 0.6 is 22.9 Å². The molecule has 0 spiro atoms. The van der Waals surface area contributed by atoms with Crippen LogP contribution < -0.4 is 5.32 Å². The summed E-state index contributed by atoms with van der Waals surface area (Å²) in [6, 6.07) is 5.87. The maximum absolute atomic E-state index is 12.1. The summed E-state index contributed by atoms with van der Waals surface area (Å²) in [5.41, 5.74) is 0. The van der Waals surface area contributed by atoms with Crippen LogP contribution in [0.1, 0.15) is 16.6 Å². The number of fused-ring (bicyclic) bond motifs is 1. The number of carbonyl (C=O) groups is 2. The fourth-order valence-corrected chi connectivity index (χ4v) is 3.18. The molecule has 0 aliphatic carbocycles. The van der Waals surface area contributed by atoms with E-state index in [1.165, 1.54) is 18.3 Å². The topological polar surface area (TPSA) is 86.6 Å². The van der Waals surface area contributed by atoms with Crippen molar-refractivity contribution in [2.45, 2.75) is 19.1 Å². The average molecular weight is 314 g/mol. The molecule has 1 aromatic heterocycles. The Balaban J connectivity index is 2.32. The number of aliphatic hydroxyl groups is 1. The Morgan fingerprint density at radius 3 is 2.55 bits per heavy atom. The van der Waals surface area contributed by atoms with Crippen molar-refractivity contribution in [3.8, 4) is 0 Å². The van der Waals surface area contributed by atoms with Crippen LogP contribution in [0.5, 0.6) is 0 Å². The molecule has 1 aromatic carbocycles. The van der Waals surface area contributed by atoms with Crippen molar-refractivity contribution in [1.82, 2.24) is 5.32 Å². The minimum Gasteiger partial charge on any atom is -0.480 e. The van der Waals surface area contributed by atoms with Crippen LogP contribution in [0.3, 0.4) is 0 Å². The predicted molar refractivity (Wildman–Crippen MR) is 77.4 cm³/mol. The summed E-state index contributed by atoms with van der Waals surface area (Å²) in [4.78, 5) is 23.3. The van der Waals surface area contributed by atoms with E-state index >= 15 is 0 Å². The molecule has 1 amide bonds. The zero-order chi connectivity index (χ0) is 14.9. The number of aliphatic hydroxyl groups excluding tert-OH is 1. The number of halogens is 1. The molecule has 2 rings (SSSR count). The van der Waals surface area contributed by atoms with Crippen molar-refractivity contribution in [2.24, 2.45) is 0 Å². The predicted octanol–water partition coefficient (Wildman–Crippen LogP) is 2.12. The number of carbonyl (C=O) groups excluding carboxylic acids is 1. The third-order valence-electron chi connectivity index (χ3n) is 2.78. The maximum atomic E-state index is 12.1. The monoisotopic (exact) mass is 313 g/mol. The lowest BCUT2D eigenvalue weighted by Crippen LogP contribution is -2.47. The van der Waals surface area contributed by atoms with E-state index in [-0.39, 0.29) is 9.90 Å². The zero-order valence-corrected chi connectivity index (χ0v) is 12.0. The second kappa shape index (κ2) is 5.78. The first-order valence-corrected chi connectivity index (χ1v) is 7.00. The fourth-order valence-electron chi connectivity index (χ4n) is 1.76. The lowest BCUT2D eigenvalue weighted by atomic mass is 10.2. The Kier molecular flexibility index (Phi) is 4.27. The van der Waals surface area contributed by atoms with Gasteiger partial charge in [0, 0.05) is 10.1 Å². The highest BCUT2D eigenvalue weighted by molar-refractivity contribution is 7.21. The molecule has 2 atom stereocenters. The highest BCUT2D eigenvalue weighted by Crippen LogP contribution is 2.35. The molecule has 0 fully saturated rings. The first-order chi connectivity index (χ1) is 9.41. The molecule has 0 saturated heterocycles. The Morgan fingerprint density at radius 1 is 1.35 bits per heavy atom. The van der Waals surface area contributed by atoms with Gasteiger partial charge in [0.1, 0.15) is 4.88 Å². The quantitative estimate of drug-likeness (QED) is 0.807. The van der Waals surface area contributed by atoms with Gasteiger partial charge in [0.25, 0.3) is 5.91 Å². The molecule has 0 aliphatic rings. The van der Waals surface area contributed by atoms with Crippen molar-refractivity contribution in [2.75, 3.05) is 0 Å². The molecule has 0 radical (unpaired) electrons. The molecular formula is C13H12ClNO4S. The number of benzene rings is 1. The van der Waals surface area contributed by atoms with Gasteiger partial charge in [-0.3, -0.25) is 4.79 Å². The highest BCUT2D eigenvalue weighted by Gasteiger charge is 2.27. The normalized spacial score (nSPS) is 13.9. The van der Waals surface area contributed by atoms with E-state index in [1.807, 2.05) is 12.1 Å². The number of amides is 1. The van der Waals surface area contributed by atoms with E-state index in [4.69, 9.17) is 16.7 Å². The smallest absolute Gasteiger partial charge is 0.328 e. The van der Waals surface area contributed by atoms with E-state index in [1.54, 1.807) is 12.1 Å². The van der Waals surface area contributed by atoms with Crippen LogP contribution in [0.2, 0.25) is 5.02 Å². The molecule has 2 aromatic rings. The SMILES string of the molecule is C[C@H](O)[C@@H](NC(=O)c1sc2ccccc2c1Cl)C(=O)O. The number of thiophene rings is 1. The second-order valence-corrected chi connectivity index (χ2v) is 5.70. The van der Waals surface area contributed by atoms with Gasteiger partial charge in [-0.25, -0.2) is 4.79 Å². The van der Waals surface area contributed by atoms with Gasteiger partial charge in [0.2, 0.25) is 0 Å².